The second-order valence-corrected chi connectivity index (χ2v) is 6.32. The number of nitrogens with one attached hydrogen (secondary N) is 1. The zero-order valence-corrected chi connectivity index (χ0v) is 13.5. The summed E-state index contributed by atoms with van der Waals surface area (Å²) < 4.78 is 5.47. The molecule has 1 rings (SSSR count). The zero-order chi connectivity index (χ0) is 16.0. The van der Waals surface area contributed by atoms with Crippen molar-refractivity contribution in [1.29, 1.82) is 0 Å². The van der Waals surface area contributed by atoms with Gasteiger partial charge in [-0.2, -0.15) is 0 Å². The summed E-state index contributed by atoms with van der Waals surface area (Å²) in [6.07, 6.45) is 1.77. The number of rotatable bonds is 7. The van der Waals surface area contributed by atoms with Crippen molar-refractivity contribution < 1.29 is 19.4 Å². The molecule has 0 bridgehead atoms. The lowest BCUT2D eigenvalue weighted by Crippen LogP contribution is -2.47. The summed E-state index contributed by atoms with van der Waals surface area (Å²) in [6, 6.07) is -0.0653. The Balaban J connectivity index is 2.46. The van der Waals surface area contributed by atoms with Gasteiger partial charge in [0.05, 0.1) is 12.1 Å². The van der Waals surface area contributed by atoms with E-state index in [1.54, 1.807) is 11.9 Å². The predicted octanol–water partition coefficient (Wildman–Crippen LogP) is 1.94. The molecular weight excluding hydrogens is 272 g/mol. The van der Waals surface area contributed by atoms with Crippen molar-refractivity contribution >= 4 is 12.0 Å². The van der Waals surface area contributed by atoms with E-state index in [1.165, 1.54) is 0 Å². The Morgan fingerprint density at radius 3 is 2.57 bits per heavy atom. The Hall–Kier alpha value is -1.30. The van der Waals surface area contributed by atoms with Crippen LogP contribution in [0.2, 0.25) is 0 Å². The number of hydrogen-bond acceptors (Lipinski definition) is 3. The average Bonchev–Trinajstić information content (AvgIpc) is 2.79. The van der Waals surface area contributed by atoms with E-state index < -0.39 is 5.97 Å². The Labute approximate surface area is 126 Å². The molecule has 21 heavy (non-hydrogen) atoms. The number of carbonyl (C=O) groups is 2. The van der Waals surface area contributed by atoms with Gasteiger partial charge >= 0.3 is 12.0 Å². The van der Waals surface area contributed by atoms with Crippen molar-refractivity contribution in [3.8, 4) is 0 Å². The molecule has 122 valence electrons. The first-order valence-corrected chi connectivity index (χ1v) is 7.65. The number of amides is 2. The fourth-order valence-corrected chi connectivity index (χ4v) is 2.89. The van der Waals surface area contributed by atoms with Crippen molar-refractivity contribution in [3.05, 3.63) is 0 Å². The summed E-state index contributed by atoms with van der Waals surface area (Å²) in [4.78, 5) is 24.7. The molecule has 1 aliphatic heterocycles. The lowest BCUT2D eigenvalue weighted by molar-refractivity contribution is -0.138. The van der Waals surface area contributed by atoms with Crippen LogP contribution in [0, 0.1) is 11.8 Å². The third-order valence-corrected chi connectivity index (χ3v) is 3.96. The number of aliphatic carboxylic acids is 1. The zero-order valence-electron chi connectivity index (χ0n) is 13.5. The molecule has 0 aliphatic carbocycles. The molecule has 0 spiro atoms. The second-order valence-electron chi connectivity index (χ2n) is 6.32. The van der Waals surface area contributed by atoms with E-state index in [4.69, 9.17) is 9.84 Å². The van der Waals surface area contributed by atoms with Gasteiger partial charge in [0.25, 0.3) is 0 Å². The summed E-state index contributed by atoms with van der Waals surface area (Å²) in [6.45, 7) is 7.15. The maximum atomic E-state index is 12.2. The van der Waals surface area contributed by atoms with E-state index in [-0.39, 0.29) is 30.5 Å². The molecule has 1 heterocycles. The highest BCUT2D eigenvalue weighted by Gasteiger charge is 2.30. The van der Waals surface area contributed by atoms with Crippen LogP contribution in [0.15, 0.2) is 0 Å². The normalized spacial score (nSPS) is 23.1. The molecule has 6 nitrogen and oxygen atoms in total. The number of carboxylic acids is 1. The molecule has 0 aromatic carbocycles. The lowest BCUT2D eigenvalue weighted by Gasteiger charge is -2.28. The Morgan fingerprint density at radius 2 is 2.10 bits per heavy atom. The maximum Gasteiger partial charge on any atom is 0.317 e. The first kappa shape index (κ1) is 17.8. The SMILES string of the molecule is CC(C)CC(CNC(=O)N(C)C1CCOC1C)CC(=O)O. The van der Waals surface area contributed by atoms with Gasteiger partial charge in [-0.1, -0.05) is 13.8 Å². The van der Waals surface area contributed by atoms with Crippen molar-refractivity contribution in [2.75, 3.05) is 20.2 Å². The molecule has 0 aromatic heterocycles. The third-order valence-electron chi connectivity index (χ3n) is 3.96. The van der Waals surface area contributed by atoms with E-state index in [1.807, 2.05) is 6.92 Å². The highest BCUT2D eigenvalue weighted by molar-refractivity contribution is 5.74. The maximum absolute atomic E-state index is 12.2. The number of urea groups is 1. The molecule has 3 unspecified atom stereocenters. The van der Waals surface area contributed by atoms with Crippen molar-refractivity contribution in [2.45, 2.75) is 52.2 Å². The fourth-order valence-electron chi connectivity index (χ4n) is 2.89. The smallest absolute Gasteiger partial charge is 0.317 e. The third kappa shape index (κ3) is 5.91. The highest BCUT2D eigenvalue weighted by Crippen LogP contribution is 2.19. The number of nitrogens with zero attached hydrogens (tertiary/aromatic N) is 1. The largest absolute Gasteiger partial charge is 0.481 e. The quantitative estimate of drug-likeness (QED) is 0.753. The van der Waals surface area contributed by atoms with Crippen molar-refractivity contribution in [3.63, 3.8) is 0 Å². The molecule has 6 heteroatoms. The minimum Gasteiger partial charge on any atom is -0.481 e. The van der Waals surface area contributed by atoms with Gasteiger partial charge in [-0.05, 0) is 31.6 Å². The van der Waals surface area contributed by atoms with Crippen molar-refractivity contribution in [2.24, 2.45) is 11.8 Å². The van der Waals surface area contributed by atoms with E-state index in [0.717, 1.165) is 12.8 Å². The standard InChI is InChI=1S/C15H28N2O4/c1-10(2)7-12(8-14(18)19)9-16-15(20)17(4)13-5-6-21-11(13)3/h10-13H,5-9H2,1-4H3,(H,16,20)(H,18,19). The van der Waals surface area contributed by atoms with Crippen LogP contribution < -0.4 is 5.32 Å². The lowest BCUT2D eigenvalue weighted by atomic mass is 9.94. The molecule has 0 saturated carbocycles. The summed E-state index contributed by atoms with van der Waals surface area (Å²) in [7, 11) is 1.76. The van der Waals surface area contributed by atoms with Crippen LogP contribution in [0.3, 0.4) is 0 Å². The molecule has 3 atom stereocenters. The number of hydrogen-bond donors (Lipinski definition) is 2. The molecule has 1 aliphatic rings. The number of ether oxygens (including phenoxy) is 1. The van der Waals surface area contributed by atoms with Crippen LogP contribution in [-0.4, -0.2) is 54.4 Å². The first-order chi connectivity index (χ1) is 9.81. The van der Waals surface area contributed by atoms with Gasteiger partial charge in [-0.3, -0.25) is 4.79 Å². The van der Waals surface area contributed by atoms with Crippen LogP contribution in [0.4, 0.5) is 4.79 Å². The van der Waals surface area contributed by atoms with Crippen molar-refractivity contribution in [1.82, 2.24) is 10.2 Å². The van der Waals surface area contributed by atoms with Crippen LogP contribution in [0.1, 0.15) is 40.0 Å². The monoisotopic (exact) mass is 300 g/mol. The van der Waals surface area contributed by atoms with E-state index in [9.17, 15) is 9.59 Å². The number of likely N-dealkylation sites (N-methyl/N-ethyl adjacent to an activating group) is 1. The molecule has 1 fully saturated rings. The molecule has 0 radical (unpaired) electrons. The Morgan fingerprint density at radius 1 is 1.43 bits per heavy atom. The van der Waals surface area contributed by atoms with Crippen LogP contribution >= 0.6 is 0 Å². The van der Waals surface area contributed by atoms with Crippen LogP contribution in [0.5, 0.6) is 0 Å². The molecule has 0 aromatic rings. The summed E-state index contributed by atoms with van der Waals surface area (Å²) >= 11 is 0. The van der Waals surface area contributed by atoms with E-state index in [2.05, 4.69) is 19.2 Å². The Bertz CT molecular complexity index is 360. The summed E-state index contributed by atoms with van der Waals surface area (Å²) in [5, 5.41) is 11.8. The first-order valence-electron chi connectivity index (χ1n) is 7.65. The molecule has 1 saturated heterocycles. The predicted molar refractivity (Wildman–Crippen MR) is 80.2 cm³/mol. The minimum atomic E-state index is -0.818. The van der Waals surface area contributed by atoms with Gasteiger partial charge in [-0.15, -0.1) is 0 Å². The van der Waals surface area contributed by atoms with E-state index >= 15 is 0 Å². The fraction of sp³-hybridized carbons (Fsp3) is 0.867. The average molecular weight is 300 g/mol. The topological polar surface area (TPSA) is 78.9 Å². The molecular formula is C15H28N2O4. The Kier molecular flexibility index (Phi) is 6.95. The number of carbonyl (C=O) groups excluding carboxylic acids is 1. The van der Waals surface area contributed by atoms with Gasteiger partial charge in [0.1, 0.15) is 0 Å². The summed E-state index contributed by atoms with van der Waals surface area (Å²) in [5.41, 5.74) is 0. The van der Waals surface area contributed by atoms with Crippen LogP contribution in [-0.2, 0) is 9.53 Å². The number of carboxylic acid groups (broad SMARTS) is 1. The highest BCUT2D eigenvalue weighted by atomic mass is 16.5. The van der Waals surface area contributed by atoms with Gasteiger partial charge in [-0.25, -0.2) is 4.79 Å². The van der Waals surface area contributed by atoms with Crippen LogP contribution in [0.25, 0.3) is 0 Å². The molecule has 2 amide bonds. The van der Waals surface area contributed by atoms with E-state index in [0.29, 0.717) is 19.1 Å². The van der Waals surface area contributed by atoms with Gasteiger partial charge < -0.3 is 20.1 Å². The summed E-state index contributed by atoms with van der Waals surface area (Å²) in [5.74, 6) is -0.439. The molecule has 2 N–H and O–H groups in total. The van der Waals surface area contributed by atoms with Gasteiger partial charge in [0, 0.05) is 26.6 Å². The minimum absolute atomic E-state index is 0.0305. The van der Waals surface area contributed by atoms with Gasteiger partial charge in [0.2, 0.25) is 0 Å². The van der Waals surface area contributed by atoms with Gasteiger partial charge in [0.15, 0.2) is 0 Å². The second kappa shape index (κ2) is 8.22.